The lowest BCUT2D eigenvalue weighted by Crippen LogP contribution is -2.13. The maximum absolute atomic E-state index is 12.7. The third-order valence-electron chi connectivity index (χ3n) is 4.41. The van der Waals surface area contributed by atoms with Crippen molar-refractivity contribution in [1.29, 1.82) is 0 Å². The maximum atomic E-state index is 12.7. The average molecular weight is 462 g/mol. The normalized spacial score (nSPS) is 12.2. The van der Waals surface area contributed by atoms with Crippen molar-refractivity contribution in [2.75, 3.05) is 11.0 Å². The van der Waals surface area contributed by atoms with Crippen molar-refractivity contribution in [3.63, 3.8) is 0 Å². The molecule has 4 aromatic rings. The Balaban J connectivity index is 1.68. The van der Waals surface area contributed by atoms with Crippen molar-refractivity contribution < 1.29 is 16.8 Å². The Morgan fingerprint density at radius 1 is 0.900 bits per heavy atom. The number of aromatic amines is 1. The van der Waals surface area contributed by atoms with Crippen LogP contribution in [0, 0.1) is 0 Å². The largest absolute Gasteiger partial charge is 0.338 e. The fourth-order valence-electron chi connectivity index (χ4n) is 2.94. The van der Waals surface area contributed by atoms with Gasteiger partial charge >= 0.3 is 0 Å². The minimum Gasteiger partial charge on any atom is -0.338 e. The molecule has 10 heteroatoms. The van der Waals surface area contributed by atoms with Crippen LogP contribution in [-0.2, 0) is 19.9 Å². The zero-order valence-corrected chi connectivity index (χ0v) is 18.0. The van der Waals surface area contributed by atoms with Crippen molar-refractivity contribution in [3.8, 4) is 11.4 Å². The summed E-state index contributed by atoms with van der Waals surface area (Å²) in [4.78, 5) is 7.42. The summed E-state index contributed by atoms with van der Waals surface area (Å²) < 4.78 is 51.4. The van der Waals surface area contributed by atoms with Crippen LogP contribution < -0.4 is 4.72 Å². The Kier molecular flexibility index (Phi) is 5.05. The monoisotopic (exact) mass is 461 g/mol. The topological polar surface area (TPSA) is 109 Å². The summed E-state index contributed by atoms with van der Waals surface area (Å²) in [5.74, 6) is 0.566. The quantitative estimate of drug-likeness (QED) is 0.465. The minimum atomic E-state index is -3.99. The number of sulfone groups is 1. The number of hydrogen-bond donors (Lipinski definition) is 2. The lowest BCUT2D eigenvalue weighted by atomic mass is 10.2. The van der Waals surface area contributed by atoms with Crippen molar-refractivity contribution in [1.82, 2.24) is 9.97 Å². The molecular formula is C20H16ClN3O4S2. The van der Waals surface area contributed by atoms with Gasteiger partial charge in [-0.05, 0) is 48.5 Å². The summed E-state index contributed by atoms with van der Waals surface area (Å²) in [7, 11) is -7.52. The predicted octanol–water partition coefficient (Wildman–Crippen LogP) is 4.09. The highest BCUT2D eigenvalue weighted by Gasteiger charge is 2.18. The zero-order valence-electron chi connectivity index (χ0n) is 15.6. The molecule has 2 N–H and O–H groups in total. The molecule has 0 aliphatic rings. The Labute approximate surface area is 178 Å². The highest BCUT2D eigenvalue weighted by Crippen LogP contribution is 2.28. The van der Waals surface area contributed by atoms with Gasteiger partial charge in [0.05, 0.1) is 31.5 Å². The van der Waals surface area contributed by atoms with E-state index in [0.717, 1.165) is 17.9 Å². The Morgan fingerprint density at radius 3 is 2.37 bits per heavy atom. The van der Waals surface area contributed by atoms with E-state index in [1.165, 1.54) is 18.2 Å². The van der Waals surface area contributed by atoms with E-state index >= 15 is 0 Å². The molecule has 0 spiro atoms. The molecule has 1 heterocycles. The number of nitrogens with one attached hydrogen (secondary N) is 2. The molecule has 30 heavy (non-hydrogen) atoms. The van der Waals surface area contributed by atoms with Crippen LogP contribution in [0.5, 0.6) is 0 Å². The Morgan fingerprint density at radius 2 is 1.63 bits per heavy atom. The van der Waals surface area contributed by atoms with E-state index in [1.54, 1.807) is 24.3 Å². The molecule has 0 saturated carbocycles. The van der Waals surface area contributed by atoms with Gasteiger partial charge in [0.15, 0.2) is 9.84 Å². The maximum Gasteiger partial charge on any atom is 0.261 e. The number of fused-ring (bicyclic) bond motifs is 1. The summed E-state index contributed by atoms with van der Waals surface area (Å²) in [5.41, 5.74) is 2.30. The molecule has 1 aromatic heterocycles. The second-order valence-electron chi connectivity index (χ2n) is 6.65. The first kappa shape index (κ1) is 20.4. The van der Waals surface area contributed by atoms with Gasteiger partial charge < -0.3 is 4.98 Å². The molecule has 0 radical (unpaired) electrons. The fourth-order valence-corrected chi connectivity index (χ4v) is 5.00. The number of imidazole rings is 1. The summed E-state index contributed by atoms with van der Waals surface area (Å²) in [6, 6.07) is 17.3. The first-order valence-electron chi connectivity index (χ1n) is 8.71. The van der Waals surface area contributed by atoms with E-state index in [4.69, 9.17) is 11.6 Å². The molecule has 0 unspecified atom stereocenters. The summed E-state index contributed by atoms with van der Waals surface area (Å²) in [6.45, 7) is 0. The number of benzene rings is 3. The second kappa shape index (κ2) is 7.42. The molecular weight excluding hydrogens is 446 g/mol. The van der Waals surface area contributed by atoms with Crippen LogP contribution in [0.2, 0.25) is 5.02 Å². The molecule has 0 fully saturated rings. The fraction of sp³-hybridized carbons (Fsp3) is 0.0500. The van der Waals surface area contributed by atoms with Crippen LogP contribution >= 0.6 is 11.6 Å². The first-order valence-corrected chi connectivity index (χ1v) is 12.5. The Hall–Kier alpha value is -2.88. The first-order chi connectivity index (χ1) is 14.1. The number of nitrogens with zero attached hydrogens (tertiary/aromatic N) is 1. The molecule has 0 saturated heterocycles. The standard InChI is InChI=1S/C20H16ClN3O4S2/c1-29(25,26)14-5-4-6-15(12-14)30(27,28)24-13-9-10-18-19(11-13)23-20(22-18)16-7-2-3-8-17(16)21/h2-12,24H,1H3,(H,22,23). The lowest BCUT2D eigenvalue weighted by Gasteiger charge is -2.09. The predicted molar refractivity (Wildman–Crippen MR) is 117 cm³/mol. The van der Waals surface area contributed by atoms with Crippen LogP contribution in [0.4, 0.5) is 5.69 Å². The molecule has 0 atom stereocenters. The highest BCUT2D eigenvalue weighted by molar-refractivity contribution is 7.93. The van der Waals surface area contributed by atoms with E-state index in [0.29, 0.717) is 27.6 Å². The van der Waals surface area contributed by atoms with E-state index in [9.17, 15) is 16.8 Å². The number of sulfonamides is 1. The van der Waals surface area contributed by atoms with E-state index in [-0.39, 0.29) is 9.79 Å². The highest BCUT2D eigenvalue weighted by atomic mass is 35.5. The average Bonchev–Trinajstić information content (AvgIpc) is 3.10. The van der Waals surface area contributed by atoms with E-state index < -0.39 is 19.9 Å². The van der Waals surface area contributed by atoms with Gasteiger partial charge in [-0.1, -0.05) is 29.8 Å². The van der Waals surface area contributed by atoms with Gasteiger partial charge in [0.25, 0.3) is 10.0 Å². The van der Waals surface area contributed by atoms with Crippen LogP contribution in [0.3, 0.4) is 0 Å². The number of anilines is 1. The van der Waals surface area contributed by atoms with Gasteiger partial charge in [0.2, 0.25) is 0 Å². The molecule has 7 nitrogen and oxygen atoms in total. The van der Waals surface area contributed by atoms with Gasteiger partial charge in [-0.3, -0.25) is 4.72 Å². The molecule has 0 aliphatic heterocycles. The molecule has 0 bridgehead atoms. The van der Waals surface area contributed by atoms with Gasteiger partial charge in [-0.15, -0.1) is 0 Å². The van der Waals surface area contributed by atoms with Gasteiger partial charge in [0.1, 0.15) is 5.82 Å². The van der Waals surface area contributed by atoms with Crippen molar-refractivity contribution >= 4 is 48.2 Å². The molecule has 0 amide bonds. The minimum absolute atomic E-state index is 0.0706. The summed E-state index contributed by atoms with van der Waals surface area (Å²) >= 11 is 6.22. The molecule has 3 aromatic carbocycles. The summed E-state index contributed by atoms with van der Waals surface area (Å²) in [5, 5.41) is 0.545. The lowest BCUT2D eigenvalue weighted by molar-refractivity contribution is 0.599. The molecule has 0 aliphatic carbocycles. The molecule has 4 rings (SSSR count). The Bertz CT molecular complexity index is 1480. The van der Waals surface area contributed by atoms with Crippen LogP contribution in [0.1, 0.15) is 0 Å². The van der Waals surface area contributed by atoms with Crippen LogP contribution in [0.15, 0.2) is 76.5 Å². The number of rotatable bonds is 5. The number of halogens is 1. The SMILES string of the molecule is CS(=O)(=O)c1cccc(S(=O)(=O)Nc2ccc3nc(-c4ccccc4Cl)[nH]c3c2)c1. The number of aromatic nitrogens is 2. The third-order valence-corrected chi connectivity index (χ3v) is 7.23. The van der Waals surface area contributed by atoms with Crippen LogP contribution in [-0.4, -0.2) is 33.1 Å². The smallest absolute Gasteiger partial charge is 0.261 e. The second-order valence-corrected chi connectivity index (χ2v) is 10.8. The van der Waals surface area contributed by atoms with Gasteiger partial charge in [-0.25, -0.2) is 21.8 Å². The van der Waals surface area contributed by atoms with Crippen molar-refractivity contribution in [3.05, 3.63) is 71.8 Å². The van der Waals surface area contributed by atoms with Crippen molar-refractivity contribution in [2.24, 2.45) is 0 Å². The van der Waals surface area contributed by atoms with Crippen molar-refractivity contribution in [2.45, 2.75) is 9.79 Å². The number of H-pyrrole nitrogens is 1. The number of hydrogen-bond acceptors (Lipinski definition) is 5. The summed E-state index contributed by atoms with van der Waals surface area (Å²) in [6.07, 6.45) is 1.02. The van der Waals surface area contributed by atoms with Gasteiger partial charge in [-0.2, -0.15) is 0 Å². The van der Waals surface area contributed by atoms with E-state index in [1.807, 2.05) is 18.2 Å². The van der Waals surface area contributed by atoms with E-state index in [2.05, 4.69) is 14.7 Å². The zero-order chi connectivity index (χ0) is 21.5. The third kappa shape index (κ3) is 4.04. The molecule has 154 valence electrons. The van der Waals surface area contributed by atoms with Gasteiger partial charge in [0, 0.05) is 11.8 Å². The van der Waals surface area contributed by atoms with Crippen LogP contribution in [0.25, 0.3) is 22.4 Å².